The highest BCUT2D eigenvalue weighted by molar-refractivity contribution is 7.89. The summed E-state index contributed by atoms with van der Waals surface area (Å²) in [5, 5.41) is 2.85. The van der Waals surface area contributed by atoms with E-state index in [1.165, 1.54) is 15.9 Å². The Bertz CT molecular complexity index is 986. The number of nitrogens with zero attached hydrogens (tertiary/aromatic N) is 1. The van der Waals surface area contributed by atoms with Crippen molar-refractivity contribution < 1.29 is 17.9 Å². The Labute approximate surface area is 172 Å². The lowest BCUT2D eigenvalue weighted by Crippen LogP contribution is -2.40. The highest BCUT2D eigenvalue weighted by atomic mass is 32.2. The van der Waals surface area contributed by atoms with Gasteiger partial charge in [-0.1, -0.05) is 39.0 Å². The van der Waals surface area contributed by atoms with Crippen LogP contribution in [0.15, 0.2) is 47.4 Å². The van der Waals surface area contributed by atoms with Gasteiger partial charge >= 0.3 is 0 Å². The molecular formula is C22H28N2O4S. The molecule has 7 heteroatoms. The van der Waals surface area contributed by atoms with Crippen LogP contribution in [-0.2, 0) is 20.2 Å². The van der Waals surface area contributed by atoms with E-state index in [-0.39, 0.29) is 16.2 Å². The minimum absolute atomic E-state index is 0.0300. The molecule has 6 nitrogen and oxygen atoms in total. The van der Waals surface area contributed by atoms with Crippen LogP contribution in [0, 0.1) is 6.92 Å². The van der Waals surface area contributed by atoms with Gasteiger partial charge in [0.2, 0.25) is 10.0 Å². The summed E-state index contributed by atoms with van der Waals surface area (Å²) in [5.41, 5.74) is 2.79. The number of anilines is 1. The van der Waals surface area contributed by atoms with Crippen molar-refractivity contribution in [1.29, 1.82) is 0 Å². The number of amides is 1. The van der Waals surface area contributed by atoms with E-state index in [1.807, 2.05) is 24.3 Å². The highest BCUT2D eigenvalue weighted by Crippen LogP contribution is 2.25. The van der Waals surface area contributed by atoms with Crippen LogP contribution in [0.2, 0.25) is 0 Å². The average molecular weight is 417 g/mol. The van der Waals surface area contributed by atoms with Crippen molar-refractivity contribution in [3.05, 3.63) is 59.2 Å². The first-order chi connectivity index (χ1) is 13.6. The quantitative estimate of drug-likeness (QED) is 0.827. The van der Waals surface area contributed by atoms with Crippen LogP contribution >= 0.6 is 0 Å². The van der Waals surface area contributed by atoms with E-state index in [0.29, 0.717) is 43.1 Å². The zero-order valence-electron chi connectivity index (χ0n) is 17.4. The Balaban J connectivity index is 1.82. The fourth-order valence-corrected chi connectivity index (χ4v) is 4.86. The molecule has 156 valence electrons. The summed E-state index contributed by atoms with van der Waals surface area (Å²) in [6.45, 7) is 9.51. The van der Waals surface area contributed by atoms with Crippen LogP contribution in [0.5, 0.6) is 0 Å². The Morgan fingerprint density at radius 3 is 2.24 bits per heavy atom. The van der Waals surface area contributed by atoms with Crippen molar-refractivity contribution in [2.45, 2.75) is 38.0 Å². The number of sulfonamides is 1. The Morgan fingerprint density at radius 1 is 1.03 bits per heavy atom. The van der Waals surface area contributed by atoms with Gasteiger partial charge in [-0.25, -0.2) is 8.42 Å². The number of hydrogen-bond acceptors (Lipinski definition) is 4. The standard InChI is InChI=1S/C22H28N2O4S/c1-16-5-6-17(15-20(16)29(26,27)24-11-13-28-14-12-24)21(25)23-19-9-7-18(8-10-19)22(2,3)4/h5-10,15H,11-14H2,1-4H3,(H,23,25). The molecule has 2 aromatic carbocycles. The molecular weight excluding hydrogens is 388 g/mol. The van der Waals surface area contributed by atoms with E-state index in [2.05, 4.69) is 26.1 Å². The Morgan fingerprint density at radius 2 is 1.66 bits per heavy atom. The van der Waals surface area contributed by atoms with Gasteiger partial charge in [-0.2, -0.15) is 4.31 Å². The molecule has 0 aromatic heterocycles. The minimum Gasteiger partial charge on any atom is -0.379 e. The molecule has 0 atom stereocenters. The number of hydrogen-bond donors (Lipinski definition) is 1. The van der Waals surface area contributed by atoms with E-state index in [1.54, 1.807) is 19.1 Å². The summed E-state index contributed by atoms with van der Waals surface area (Å²) in [6, 6.07) is 12.5. The third-order valence-corrected chi connectivity index (χ3v) is 7.09. The normalized spacial score (nSPS) is 15.9. The molecule has 2 aromatic rings. The number of rotatable bonds is 4. The van der Waals surface area contributed by atoms with Gasteiger partial charge in [0.15, 0.2) is 0 Å². The summed E-state index contributed by atoms with van der Waals surface area (Å²) in [6.07, 6.45) is 0. The molecule has 1 saturated heterocycles. The summed E-state index contributed by atoms with van der Waals surface area (Å²) in [5.74, 6) is -0.341. The maximum absolute atomic E-state index is 13.0. The number of carbonyl (C=O) groups excluding carboxylic acids is 1. The molecule has 3 rings (SSSR count). The minimum atomic E-state index is -3.67. The maximum Gasteiger partial charge on any atom is 0.255 e. The van der Waals surface area contributed by atoms with E-state index >= 15 is 0 Å². The SMILES string of the molecule is Cc1ccc(C(=O)Nc2ccc(C(C)(C)C)cc2)cc1S(=O)(=O)N1CCOCC1. The van der Waals surface area contributed by atoms with Gasteiger partial charge in [0.25, 0.3) is 5.91 Å². The van der Waals surface area contributed by atoms with Crippen LogP contribution in [0.3, 0.4) is 0 Å². The number of nitrogens with one attached hydrogen (secondary N) is 1. The van der Waals surface area contributed by atoms with E-state index in [9.17, 15) is 13.2 Å². The topological polar surface area (TPSA) is 75.7 Å². The molecule has 1 fully saturated rings. The lowest BCUT2D eigenvalue weighted by Gasteiger charge is -2.26. The number of ether oxygens (including phenoxy) is 1. The molecule has 0 spiro atoms. The van der Waals surface area contributed by atoms with Crippen LogP contribution in [-0.4, -0.2) is 44.9 Å². The smallest absolute Gasteiger partial charge is 0.255 e. The van der Waals surface area contributed by atoms with Crippen LogP contribution in [0.25, 0.3) is 0 Å². The Hall–Kier alpha value is -2.22. The van der Waals surface area contributed by atoms with Crippen molar-refractivity contribution >= 4 is 21.6 Å². The molecule has 1 heterocycles. The van der Waals surface area contributed by atoms with Gasteiger partial charge in [0.1, 0.15) is 0 Å². The third kappa shape index (κ3) is 4.86. The van der Waals surface area contributed by atoms with Crippen LogP contribution in [0.4, 0.5) is 5.69 Å². The molecule has 1 aliphatic heterocycles. The van der Waals surface area contributed by atoms with Gasteiger partial charge in [-0.05, 0) is 47.7 Å². The highest BCUT2D eigenvalue weighted by Gasteiger charge is 2.28. The van der Waals surface area contributed by atoms with Gasteiger partial charge in [0.05, 0.1) is 18.1 Å². The van der Waals surface area contributed by atoms with Crippen molar-refractivity contribution in [1.82, 2.24) is 4.31 Å². The monoisotopic (exact) mass is 416 g/mol. The van der Waals surface area contributed by atoms with Crippen molar-refractivity contribution in [3.8, 4) is 0 Å². The summed E-state index contributed by atoms with van der Waals surface area (Å²) in [7, 11) is -3.67. The lowest BCUT2D eigenvalue weighted by molar-refractivity contribution is 0.0730. The molecule has 1 amide bonds. The van der Waals surface area contributed by atoms with Crippen LogP contribution < -0.4 is 5.32 Å². The number of aryl methyl sites for hydroxylation is 1. The fourth-order valence-electron chi connectivity index (χ4n) is 3.20. The zero-order valence-corrected chi connectivity index (χ0v) is 18.2. The maximum atomic E-state index is 13.0. The summed E-state index contributed by atoms with van der Waals surface area (Å²) >= 11 is 0. The third-order valence-electron chi connectivity index (χ3n) is 5.05. The fraction of sp³-hybridized carbons (Fsp3) is 0.409. The van der Waals surface area contributed by atoms with Gasteiger partial charge < -0.3 is 10.1 Å². The van der Waals surface area contributed by atoms with E-state index in [0.717, 1.165) is 0 Å². The molecule has 0 radical (unpaired) electrons. The predicted molar refractivity (Wildman–Crippen MR) is 114 cm³/mol. The molecule has 1 N–H and O–H groups in total. The average Bonchev–Trinajstić information content (AvgIpc) is 2.68. The van der Waals surface area contributed by atoms with Crippen molar-refractivity contribution in [3.63, 3.8) is 0 Å². The molecule has 0 aliphatic carbocycles. The van der Waals surface area contributed by atoms with Crippen molar-refractivity contribution in [2.24, 2.45) is 0 Å². The molecule has 29 heavy (non-hydrogen) atoms. The number of morpholine rings is 1. The lowest BCUT2D eigenvalue weighted by atomic mass is 9.87. The molecule has 1 aliphatic rings. The summed E-state index contributed by atoms with van der Waals surface area (Å²) in [4.78, 5) is 12.9. The number of benzene rings is 2. The first kappa shape index (κ1) is 21.5. The first-order valence-corrected chi connectivity index (χ1v) is 11.1. The zero-order chi connectivity index (χ0) is 21.2. The number of carbonyl (C=O) groups is 1. The largest absolute Gasteiger partial charge is 0.379 e. The molecule has 0 bridgehead atoms. The van der Waals surface area contributed by atoms with E-state index < -0.39 is 10.0 Å². The predicted octanol–water partition coefficient (Wildman–Crippen LogP) is 3.57. The second-order valence-electron chi connectivity index (χ2n) is 8.28. The second kappa shape index (κ2) is 8.26. The van der Waals surface area contributed by atoms with Crippen LogP contribution in [0.1, 0.15) is 42.3 Å². The van der Waals surface area contributed by atoms with Gasteiger partial charge in [-0.15, -0.1) is 0 Å². The summed E-state index contributed by atoms with van der Waals surface area (Å²) < 4.78 is 32.7. The second-order valence-corrected chi connectivity index (χ2v) is 10.2. The molecule has 0 saturated carbocycles. The van der Waals surface area contributed by atoms with E-state index in [4.69, 9.17) is 4.74 Å². The van der Waals surface area contributed by atoms with Gasteiger partial charge in [-0.3, -0.25) is 4.79 Å². The first-order valence-electron chi connectivity index (χ1n) is 9.69. The van der Waals surface area contributed by atoms with Crippen molar-refractivity contribution in [2.75, 3.05) is 31.6 Å². The van der Waals surface area contributed by atoms with Gasteiger partial charge in [0, 0.05) is 24.3 Å². The molecule has 0 unspecified atom stereocenters. The Kier molecular flexibility index (Phi) is 6.12.